The van der Waals surface area contributed by atoms with Crippen LogP contribution in [-0.2, 0) is 15.6 Å². The fraction of sp³-hybridized carbons (Fsp3) is 0.480. The van der Waals surface area contributed by atoms with Gasteiger partial charge in [-0.3, -0.25) is 14.4 Å². The third kappa shape index (κ3) is 4.52. The predicted molar refractivity (Wildman–Crippen MR) is 138 cm³/mol. The molecule has 2 aliphatic rings. The van der Waals surface area contributed by atoms with Crippen molar-refractivity contribution < 1.29 is 12.8 Å². The number of aromatic amines is 1. The molecule has 2 fully saturated rings. The molecule has 1 aliphatic carbocycles. The molecule has 2 N–H and O–H groups in total. The quantitative estimate of drug-likeness (QED) is 0.484. The molecular weight excluding hydrogens is 497 g/mol. The third-order valence-corrected chi connectivity index (χ3v) is 9.45. The van der Waals surface area contributed by atoms with Crippen molar-refractivity contribution >= 4 is 32.4 Å². The van der Waals surface area contributed by atoms with Crippen molar-refractivity contribution in [3.05, 3.63) is 46.9 Å². The van der Waals surface area contributed by atoms with Gasteiger partial charge in [-0.2, -0.15) is 10.4 Å². The van der Waals surface area contributed by atoms with Gasteiger partial charge in [0.1, 0.15) is 11.6 Å². The van der Waals surface area contributed by atoms with Crippen LogP contribution in [0.5, 0.6) is 0 Å². The summed E-state index contributed by atoms with van der Waals surface area (Å²) in [6.45, 7) is 0.942. The molecule has 0 bridgehead atoms. The van der Waals surface area contributed by atoms with Crippen LogP contribution >= 0.6 is 0 Å². The highest BCUT2D eigenvalue weighted by atomic mass is 32.2. The zero-order valence-corrected chi connectivity index (χ0v) is 21.6. The molecule has 1 saturated carbocycles. The summed E-state index contributed by atoms with van der Waals surface area (Å²) in [7, 11) is -0.627. The first-order chi connectivity index (χ1) is 17.6. The fourth-order valence-corrected chi connectivity index (χ4v) is 6.36. The van der Waals surface area contributed by atoms with E-state index in [0.717, 1.165) is 17.1 Å². The number of sulfonamides is 1. The van der Waals surface area contributed by atoms with Gasteiger partial charge in [0.25, 0.3) is 5.56 Å². The predicted octanol–water partition coefficient (Wildman–Crippen LogP) is 2.92. The van der Waals surface area contributed by atoms with E-state index in [9.17, 15) is 22.9 Å². The van der Waals surface area contributed by atoms with E-state index in [4.69, 9.17) is 5.10 Å². The van der Waals surface area contributed by atoms with Gasteiger partial charge in [0.15, 0.2) is 5.82 Å². The van der Waals surface area contributed by atoms with Crippen molar-refractivity contribution in [3.8, 4) is 6.07 Å². The van der Waals surface area contributed by atoms with Gasteiger partial charge in [-0.1, -0.05) is 0 Å². The van der Waals surface area contributed by atoms with Crippen LogP contribution in [0.4, 0.5) is 15.9 Å². The number of nitrogens with one attached hydrogen (secondary N) is 2. The van der Waals surface area contributed by atoms with E-state index < -0.39 is 21.7 Å². The average molecular weight is 528 g/mol. The van der Waals surface area contributed by atoms with Crippen molar-refractivity contribution in [2.75, 3.05) is 32.5 Å². The number of nitrogens with zero attached hydrogens (tertiary/aromatic N) is 5. The van der Waals surface area contributed by atoms with Gasteiger partial charge >= 0.3 is 0 Å². The maximum atomic E-state index is 13.4. The van der Waals surface area contributed by atoms with Crippen molar-refractivity contribution in [2.45, 2.75) is 54.8 Å². The Labute approximate surface area is 214 Å². The summed E-state index contributed by atoms with van der Waals surface area (Å²) >= 11 is 0. The molecule has 0 unspecified atom stereocenters. The molecule has 0 amide bonds. The summed E-state index contributed by atoms with van der Waals surface area (Å²) in [5.74, 6) is 0.336. The summed E-state index contributed by atoms with van der Waals surface area (Å²) < 4.78 is 41.2. The number of likely N-dealkylation sites (tertiary alicyclic amines) is 1. The number of alkyl halides is 1. The topological polar surface area (TPSA) is 127 Å². The van der Waals surface area contributed by atoms with Crippen molar-refractivity contribution in [3.63, 3.8) is 0 Å². The molecule has 3 heterocycles. The van der Waals surface area contributed by atoms with Gasteiger partial charge in [-0.05, 0) is 56.0 Å². The van der Waals surface area contributed by atoms with Gasteiger partial charge in [-0.25, -0.2) is 17.1 Å². The van der Waals surface area contributed by atoms with Crippen LogP contribution in [0.25, 0.3) is 10.9 Å². The molecule has 0 atom stereocenters. The molecule has 10 nitrogen and oxygen atoms in total. The second kappa shape index (κ2) is 9.55. The molecule has 1 aliphatic heterocycles. The number of anilines is 2. The van der Waals surface area contributed by atoms with E-state index in [1.807, 2.05) is 4.68 Å². The van der Waals surface area contributed by atoms with Gasteiger partial charge < -0.3 is 10.3 Å². The maximum Gasteiger partial charge on any atom is 0.261 e. The van der Waals surface area contributed by atoms with Crippen LogP contribution < -0.4 is 10.9 Å². The highest BCUT2D eigenvalue weighted by Gasteiger charge is 2.43. The van der Waals surface area contributed by atoms with Crippen molar-refractivity contribution in [1.82, 2.24) is 24.0 Å². The number of benzene rings is 1. The van der Waals surface area contributed by atoms with Crippen molar-refractivity contribution in [1.29, 1.82) is 5.26 Å². The highest BCUT2D eigenvalue weighted by Crippen LogP contribution is 2.42. The Morgan fingerprint density at radius 3 is 2.49 bits per heavy atom. The van der Waals surface area contributed by atoms with Crippen LogP contribution in [0.1, 0.15) is 32.1 Å². The Morgan fingerprint density at radius 2 is 1.89 bits per heavy atom. The molecule has 0 radical (unpaired) electrons. The molecule has 3 aromatic rings. The summed E-state index contributed by atoms with van der Waals surface area (Å²) in [5, 5.41) is 18.1. The number of rotatable bonds is 7. The lowest BCUT2D eigenvalue weighted by molar-refractivity contribution is -0.00330. The molecule has 1 saturated heterocycles. The summed E-state index contributed by atoms with van der Waals surface area (Å²) in [6.07, 6.45) is 4.09. The maximum absolute atomic E-state index is 13.4. The summed E-state index contributed by atoms with van der Waals surface area (Å²) in [6, 6.07) is 10.6. The smallest absolute Gasteiger partial charge is 0.261 e. The lowest BCUT2D eigenvalue weighted by Crippen LogP contribution is -2.55. The molecular formula is C25H30FN7O3S. The number of hydrogen-bond donors (Lipinski definition) is 2. The average Bonchev–Trinajstić information content (AvgIpc) is 3.23. The Morgan fingerprint density at radius 1 is 1.22 bits per heavy atom. The molecule has 2 aromatic heterocycles. The monoisotopic (exact) mass is 527 g/mol. The number of fused-ring (bicyclic) bond motifs is 1. The summed E-state index contributed by atoms with van der Waals surface area (Å²) in [4.78, 5) is 17.9. The van der Waals surface area contributed by atoms with Crippen LogP contribution in [0.3, 0.4) is 0 Å². The number of hydrogen-bond acceptors (Lipinski definition) is 7. The lowest BCUT2D eigenvalue weighted by Gasteiger charge is -2.47. The van der Waals surface area contributed by atoms with Crippen LogP contribution in [0, 0.1) is 11.3 Å². The summed E-state index contributed by atoms with van der Waals surface area (Å²) in [5.41, 5.74) is 0.304. The Hall–Kier alpha value is -3.27. The van der Waals surface area contributed by atoms with E-state index in [1.165, 1.54) is 26.2 Å². The first-order valence-corrected chi connectivity index (χ1v) is 13.7. The zero-order chi connectivity index (χ0) is 26.4. The van der Waals surface area contributed by atoms with Gasteiger partial charge in [0.05, 0.1) is 28.4 Å². The number of H-pyrrole nitrogens is 1. The second-order valence-corrected chi connectivity index (χ2v) is 12.3. The Balaban J connectivity index is 1.48. The second-order valence-electron chi connectivity index (χ2n) is 10.1. The highest BCUT2D eigenvalue weighted by molar-refractivity contribution is 7.89. The minimum Gasteiger partial charge on any atom is -0.338 e. The molecule has 0 spiro atoms. The molecule has 1 aromatic carbocycles. The Bertz CT molecular complexity index is 1490. The van der Waals surface area contributed by atoms with Crippen LogP contribution in [0.15, 0.2) is 46.2 Å². The number of nitriles is 1. The molecule has 37 heavy (non-hydrogen) atoms. The zero-order valence-electron chi connectivity index (χ0n) is 20.8. The minimum atomic E-state index is -3.57. The van der Waals surface area contributed by atoms with E-state index in [2.05, 4.69) is 21.3 Å². The van der Waals surface area contributed by atoms with Gasteiger partial charge in [0.2, 0.25) is 10.0 Å². The number of halogens is 1. The van der Waals surface area contributed by atoms with E-state index >= 15 is 0 Å². The first kappa shape index (κ1) is 25.4. The SMILES string of the molecule is CN(C)S(=O)(=O)c1ccc(Nc2nn([C@]3(CC#N)CC[C@H](N4CC(F)C4)CC3)c3cc[nH]c(=O)c23)cc1. The minimum absolute atomic E-state index is 0.155. The Kier molecular flexibility index (Phi) is 6.55. The van der Waals surface area contributed by atoms with E-state index in [0.29, 0.717) is 54.4 Å². The van der Waals surface area contributed by atoms with E-state index in [-0.39, 0.29) is 16.9 Å². The fourth-order valence-electron chi connectivity index (χ4n) is 5.45. The molecule has 12 heteroatoms. The normalized spacial score (nSPS) is 23.2. The van der Waals surface area contributed by atoms with E-state index in [1.54, 1.807) is 24.4 Å². The first-order valence-electron chi connectivity index (χ1n) is 12.3. The largest absolute Gasteiger partial charge is 0.338 e. The van der Waals surface area contributed by atoms with Crippen molar-refractivity contribution in [2.24, 2.45) is 0 Å². The third-order valence-electron chi connectivity index (χ3n) is 7.62. The van der Waals surface area contributed by atoms with Crippen LogP contribution in [-0.4, -0.2) is 71.8 Å². The van der Waals surface area contributed by atoms with Gasteiger partial charge in [0, 0.05) is 45.1 Å². The lowest BCUT2D eigenvalue weighted by atomic mass is 9.76. The van der Waals surface area contributed by atoms with Crippen LogP contribution in [0.2, 0.25) is 0 Å². The number of aromatic nitrogens is 3. The molecule has 5 rings (SSSR count). The molecule has 196 valence electrons. The number of pyridine rings is 1. The standard InChI is InChI=1S/C25H30FN7O3S/c1-31(2)37(35,36)20-5-3-18(4-6-20)29-23-22-21(9-14-28-24(22)34)33(30-23)25(12-13-27)10-7-19(8-11-25)32-15-17(26)16-32/h3-6,9,14,17,19H,7-8,10-12,15-16H2,1-2H3,(H,28,34)(H,29,30)/t19-,25+. The van der Waals surface area contributed by atoms with Gasteiger partial charge in [-0.15, -0.1) is 0 Å².